The Kier molecular flexibility index (Phi) is 4.82. The number of hydrogen-bond acceptors (Lipinski definition) is 1. The zero-order valence-electron chi connectivity index (χ0n) is 14.2. The van der Waals surface area contributed by atoms with Crippen molar-refractivity contribution in [3.05, 3.63) is 59.2 Å². The standard InChI is InChI=1S/C21H26N2/c1-3-16-9-7-12-19-18(11-4-5-13-22)21(23-20(16)19)17-10-6-8-15(2)14-17/h6-10,12,14,23H,3-5,11,13,22H2,1-2H3. The molecule has 1 heterocycles. The van der Waals surface area contributed by atoms with E-state index < -0.39 is 0 Å². The van der Waals surface area contributed by atoms with E-state index in [1.807, 2.05) is 0 Å². The molecule has 0 aliphatic rings. The maximum absolute atomic E-state index is 5.69. The molecule has 0 bridgehead atoms. The Morgan fingerprint density at radius 1 is 1.04 bits per heavy atom. The van der Waals surface area contributed by atoms with Crippen LogP contribution in [0.3, 0.4) is 0 Å². The second-order valence-corrected chi connectivity index (χ2v) is 6.29. The van der Waals surface area contributed by atoms with Gasteiger partial charge in [-0.05, 0) is 61.9 Å². The number of aromatic amines is 1. The first-order valence-electron chi connectivity index (χ1n) is 8.64. The highest BCUT2D eigenvalue weighted by Gasteiger charge is 2.14. The summed E-state index contributed by atoms with van der Waals surface area (Å²) in [5, 5.41) is 1.37. The third kappa shape index (κ3) is 3.18. The molecular weight excluding hydrogens is 280 g/mol. The minimum Gasteiger partial charge on any atom is -0.354 e. The number of hydrogen-bond donors (Lipinski definition) is 2. The first-order chi connectivity index (χ1) is 11.2. The van der Waals surface area contributed by atoms with E-state index in [9.17, 15) is 0 Å². The molecule has 0 radical (unpaired) electrons. The van der Waals surface area contributed by atoms with E-state index in [2.05, 4.69) is 61.3 Å². The molecule has 3 N–H and O–H groups in total. The Labute approximate surface area is 138 Å². The topological polar surface area (TPSA) is 41.8 Å². The average molecular weight is 306 g/mol. The van der Waals surface area contributed by atoms with Crippen LogP contribution < -0.4 is 5.73 Å². The summed E-state index contributed by atoms with van der Waals surface area (Å²) in [4.78, 5) is 3.72. The van der Waals surface area contributed by atoms with Crippen molar-refractivity contribution in [2.45, 2.75) is 39.5 Å². The average Bonchev–Trinajstić information content (AvgIpc) is 2.94. The largest absolute Gasteiger partial charge is 0.354 e. The van der Waals surface area contributed by atoms with Crippen molar-refractivity contribution in [3.63, 3.8) is 0 Å². The number of H-pyrrole nitrogens is 1. The van der Waals surface area contributed by atoms with Gasteiger partial charge in [0.25, 0.3) is 0 Å². The lowest BCUT2D eigenvalue weighted by Crippen LogP contribution is -1.99. The minimum atomic E-state index is 0.766. The summed E-state index contributed by atoms with van der Waals surface area (Å²) >= 11 is 0. The minimum absolute atomic E-state index is 0.766. The first kappa shape index (κ1) is 15.8. The molecule has 0 atom stereocenters. The van der Waals surface area contributed by atoms with Crippen molar-refractivity contribution in [1.82, 2.24) is 4.98 Å². The number of fused-ring (bicyclic) bond motifs is 1. The van der Waals surface area contributed by atoms with Crippen LogP contribution in [-0.4, -0.2) is 11.5 Å². The third-order valence-corrected chi connectivity index (χ3v) is 4.60. The van der Waals surface area contributed by atoms with Gasteiger partial charge in [-0.15, -0.1) is 0 Å². The molecule has 2 nitrogen and oxygen atoms in total. The fourth-order valence-corrected chi connectivity index (χ4v) is 3.38. The fourth-order valence-electron chi connectivity index (χ4n) is 3.38. The SMILES string of the molecule is CCc1cccc2c(CCCCN)c(-c3cccc(C)c3)[nH]c12. The van der Waals surface area contributed by atoms with Gasteiger partial charge in [0.15, 0.2) is 0 Å². The summed E-state index contributed by atoms with van der Waals surface area (Å²) in [5.74, 6) is 0. The summed E-state index contributed by atoms with van der Waals surface area (Å²) in [6.07, 6.45) is 4.34. The molecule has 0 unspecified atom stereocenters. The van der Waals surface area contributed by atoms with Gasteiger partial charge in [0.05, 0.1) is 0 Å². The quantitative estimate of drug-likeness (QED) is 0.619. The van der Waals surface area contributed by atoms with E-state index in [1.165, 1.54) is 38.9 Å². The van der Waals surface area contributed by atoms with Gasteiger partial charge in [-0.25, -0.2) is 0 Å². The lowest BCUT2D eigenvalue weighted by molar-refractivity contribution is 0.748. The zero-order chi connectivity index (χ0) is 16.2. The number of aromatic nitrogens is 1. The van der Waals surface area contributed by atoms with Gasteiger partial charge in [-0.3, -0.25) is 0 Å². The molecule has 0 spiro atoms. The van der Waals surface area contributed by atoms with Crippen LogP contribution in [0.1, 0.15) is 36.5 Å². The molecule has 23 heavy (non-hydrogen) atoms. The molecule has 0 saturated carbocycles. The van der Waals surface area contributed by atoms with Crippen LogP contribution >= 0.6 is 0 Å². The normalized spacial score (nSPS) is 11.3. The molecule has 3 rings (SSSR count). The summed E-state index contributed by atoms with van der Waals surface area (Å²) in [6, 6.07) is 15.4. The summed E-state index contributed by atoms with van der Waals surface area (Å²) in [7, 11) is 0. The highest BCUT2D eigenvalue weighted by atomic mass is 14.7. The molecular formula is C21H26N2. The molecule has 0 aliphatic carbocycles. The molecule has 0 amide bonds. The highest BCUT2D eigenvalue weighted by molar-refractivity contribution is 5.92. The van der Waals surface area contributed by atoms with E-state index in [1.54, 1.807) is 0 Å². The molecule has 120 valence electrons. The van der Waals surface area contributed by atoms with E-state index >= 15 is 0 Å². The van der Waals surface area contributed by atoms with Crippen molar-refractivity contribution in [3.8, 4) is 11.3 Å². The molecule has 2 aromatic carbocycles. The molecule has 1 aromatic heterocycles. The van der Waals surface area contributed by atoms with Gasteiger partial charge in [-0.1, -0.05) is 48.9 Å². The third-order valence-electron chi connectivity index (χ3n) is 4.60. The van der Waals surface area contributed by atoms with Gasteiger partial charge in [0, 0.05) is 16.6 Å². The Morgan fingerprint density at radius 3 is 2.61 bits per heavy atom. The molecule has 2 heteroatoms. The lowest BCUT2D eigenvalue weighted by Gasteiger charge is -2.06. The molecule has 3 aromatic rings. The Morgan fingerprint density at radius 2 is 1.87 bits per heavy atom. The number of nitrogens with two attached hydrogens (primary N) is 1. The number of nitrogens with one attached hydrogen (secondary N) is 1. The second-order valence-electron chi connectivity index (χ2n) is 6.29. The number of unbranched alkanes of at least 4 members (excludes halogenated alkanes) is 1. The number of benzene rings is 2. The van der Waals surface area contributed by atoms with E-state index in [0.29, 0.717) is 0 Å². The Bertz CT molecular complexity index is 799. The van der Waals surface area contributed by atoms with Gasteiger partial charge in [-0.2, -0.15) is 0 Å². The van der Waals surface area contributed by atoms with Crippen LogP contribution in [-0.2, 0) is 12.8 Å². The van der Waals surface area contributed by atoms with Gasteiger partial charge < -0.3 is 10.7 Å². The fraction of sp³-hybridized carbons (Fsp3) is 0.333. The molecule has 0 saturated heterocycles. The van der Waals surface area contributed by atoms with Crippen LogP contribution in [0.25, 0.3) is 22.2 Å². The van der Waals surface area contributed by atoms with Gasteiger partial charge in [0.2, 0.25) is 0 Å². The Hall–Kier alpha value is -2.06. The van der Waals surface area contributed by atoms with Crippen LogP contribution in [0.5, 0.6) is 0 Å². The van der Waals surface area contributed by atoms with Crippen LogP contribution in [0, 0.1) is 6.92 Å². The number of rotatable bonds is 6. The van der Waals surface area contributed by atoms with Crippen LogP contribution in [0.2, 0.25) is 0 Å². The van der Waals surface area contributed by atoms with Gasteiger partial charge in [0.1, 0.15) is 0 Å². The summed E-state index contributed by atoms with van der Waals surface area (Å²) < 4.78 is 0. The van der Waals surface area contributed by atoms with E-state index in [4.69, 9.17) is 5.73 Å². The van der Waals surface area contributed by atoms with Gasteiger partial charge >= 0.3 is 0 Å². The second kappa shape index (κ2) is 7.01. The number of aryl methyl sites for hydroxylation is 3. The molecule has 0 aliphatic heterocycles. The monoisotopic (exact) mass is 306 g/mol. The van der Waals surface area contributed by atoms with Crippen LogP contribution in [0.15, 0.2) is 42.5 Å². The first-order valence-corrected chi connectivity index (χ1v) is 8.64. The highest BCUT2D eigenvalue weighted by Crippen LogP contribution is 2.33. The lowest BCUT2D eigenvalue weighted by atomic mass is 9.98. The predicted octanol–water partition coefficient (Wildman–Crippen LogP) is 4.99. The van der Waals surface area contributed by atoms with Crippen molar-refractivity contribution in [2.75, 3.05) is 6.54 Å². The van der Waals surface area contributed by atoms with Crippen molar-refractivity contribution >= 4 is 10.9 Å². The maximum Gasteiger partial charge on any atom is 0.0497 e. The van der Waals surface area contributed by atoms with Crippen molar-refractivity contribution in [2.24, 2.45) is 5.73 Å². The summed E-state index contributed by atoms with van der Waals surface area (Å²) in [5.41, 5.74) is 13.7. The summed E-state index contributed by atoms with van der Waals surface area (Å²) in [6.45, 7) is 5.14. The number of para-hydroxylation sites is 1. The van der Waals surface area contributed by atoms with Crippen molar-refractivity contribution < 1.29 is 0 Å². The van der Waals surface area contributed by atoms with Crippen LogP contribution in [0.4, 0.5) is 0 Å². The smallest absolute Gasteiger partial charge is 0.0497 e. The van der Waals surface area contributed by atoms with Crippen molar-refractivity contribution in [1.29, 1.82) is 0 Å². The van der Waals surface area contributed by atoms with E-state index in [0.717, 1.165) is 32.2 Å². The van der Waals surface area contributed by atoms with E-state index in [-0.39, 0.29) is 0 Å². The molecule has 0 fully saturated rings. The maximum atomic E-state index is 5.69. The predicted molar refractivity (Wildman–Crippen MR) is 99.8 cm³/mol. The zero-order valence-corrected chi connectivity index (χ0v) is 14.2. The Balaban J connectivity index is 2.16.